The minimum atomic E-state index is -0.778. The van der Waals surface area contributed by atoms with Crippen molar-refractivity contribution in [2.45, 2.75) is 19.9 Å². The molecule has 0 unspecified atom stereocenters. The van der Waals surface area contributed by atoms with Gasteiger partial charge in [-0.25, -0.2) is 4.39 Å². The lowest BCUT2D eigenvalue weighted by Crippen LogP contribution is -2.41. The Morgan fingerprint density at radius 2 is 1.95 bits per heavy atom. The van der Waals surface area contributed by atoms with Crippen LogP contribution in [0.15, 0.2) is 34.9 Å². The molecule has 0 spiro atoms. The zero-order valence-corrected chi connectivity index (χ0v) is 11.5. The van der Waals surface area contributed by atoms with E-state index in [4.69, 9.17) is 4.52 Å². The lowest BCUT2D eigenvalue weighted by molar-refractivity contribution is -0.117. The Bertz CT molecular complexity index is 652. The van der Waals surface area contributed by atoms with Crippen LogP contribution in [0.5, 0.6) is 0 Å². The average molecular weight is 291 g/mol. The molecule has 6 nitrogen and oxygen atoms in total. The number of hydrogen-bond donors (Lipinski definition) is 2. The maximum atomic E-state index is 12.8. The predicted octanol–water partition coefficient (Wildman–Crippen LogP) is 1.88. The van der Waals surface area contributed by atoms with Crippen molar-refractivity contribution >= 4 is 17.6 Å². The number of hydrogen-bond acceptors (Lipinski definition) is 4. The van der Waals surface area contributed by atoms with Gasteiger partial charge in [-0.05, 0) is 38.1 Å². The molecule has 0 bridgehead atoms. The Labute approximate surface area is 120 Å². The molecule has 1 atom stereocenters. The van der Waals surface area contributed by atoms with Crippen LogP contribution in [0.25, 0.3) is 0 Å². The van der Waals surface area contributed by atoms with Gasteiger partial charge in [0.1, 0.15) is 17.6 Å². The zero-order valence-electron chi connectivity index (χ0n) is 11.5. The second-order valence-electron chi connectivity index (χ2n) is 4.51. The second-order valence-corrected chi connectivity index (χ2v) is 4.51. The Hall–Kier alpha value is -2.70. The summed E-state index contributed by atoms with van der Waals surface area (Å²) < 4.78 is 17.6. The highest BCUT2D eigenvalue weighted by atomic mass is 19.1. The average Bonchev–Trinajstić information content (AvgIpc) is 2.84. The SMILES string of the molecule is Cc1cc(NC(=O)[C@H](C)NC(=O)c2ccc(F)cc2)no1. The maximum Gasteiger partial charge on any atom is 0.251 e. The molecule has 2 amide bonds. The molecule has 21 heavy (non-hydrogen) atoms. The van der Waals surface area contributed by atoms with Crippen molar-refractivity contribution in [3.8, 4) is 0 Å². The molecule has 0 aliphatic rings. The van der Waals surface area contributed by atoms with Crippen molar-refractivity contribution in [2.24, 2.45) is 0 Å². The van der Waals surface area contributed by atoms with Crippen LogP contribution >= 0.6 is 0 Å². The van der Waals surface area contributed by atoms with Crippen LogP contribution in [-0.2, 0) is 4.79 Å². The Kier molecular flexibility index (Phi) is 4.32. The van der Waals surface area contributed by atoms with Gasteiger partial charge in [-0.1, -0.05) is 5.16 Å². The number of nitrogens with one attached hydrogen (secondary N) is 2. The normalized spacial score (nSPS) is 11.8. The molecule has 0 aliphatic heterocycles. The molecule has 0 radical (unpaired) electrons. The van der Waals surface area contributed by atoms with Gasteiger partial charge in [0, 0.05) is 11.6 Å². The monoisotopic (exact) mass is 291 g/mol. The molecule has 2 aromatic rings. The van der Waals surface area contributed by atoms with Crippen molar-refractivity contribution in [3.05, 3.63) is 47.5 Å². The Morgan fingerprint density at radius 3 is 2.52 bits per heavy atom. The lowest BCUT2D eigenvalue weighted by Gasteiger charge is -2.12. The van der Waals surface area contributed by atoms with Crippen LogP contribution < -0.4 is 10.6 Å². The van der Waals surface area contributed by atoms with E-state index in [1.807, 2.05) is 0 Å². The first-order valence-corrected chi connectivity index (χ1v) is 6.26. The summed E-state index contributed by atoms with van der Waals surface area (Å²) in [6.07, 6.45) is 0. The van der Waals surface area contributed by atoms with Gasteiger partial charge in [0.25, 0.3) is 5.91 Å². The number of aromatic nitrogens is 1. The van der Waals surface area contributed by atoms with Gasteiger partial charge in [0.05, 0.1) is 0 Å². The fourth-order valence-electron chi connectivity index (χ4n) is 1.61. The number of nitrogens with zero attached hydrogens (tertiary/aromatic N) is 1. The molecule has 7 heteroatoms. The van der Waals surface area contributed by atoms with Gasteiger partial charge in [-0.2, -0.15) is 0 Å². The van der Waals surface area contributed by atoms with Gasteiger partial charge in [-0.3, -0.25) is 9.59 Å². The number of amides is 2. The smallest absolute Gasteiger partial charge is 0.251 e. The number of carbonyl (C=O) groups is 2. The van der Waals surface area contributed by atoms with E-state index in [1.54, 1.807) is 13.0 Å². The summed E-state index contributed by atoms with van der Waals surface area (Å²) in [5.41, 5.74) is 0.272. The lowest BCUT2D eigenvalue weighted by atomic mass is 10.2. The molecular formula is C14H14FN3O3. The highest BCUT2D eigenvalue weighted by Crippen LogP contribution is 2.08. The van der Waals surface area contributed by atoms with Crippen LogP contribution in [0, 0.1) is 12.7 Å². The van der Waals surface area contributed by atoms with E-state index in [1.165, 1.54) is 31.2 Å². The Morgan fingerprint density at radius 1 is 1.29 bits per heavy atom. The van der Waals surface area contributed by atoms with Crippen LogP contribution in [-0.4, -0.2) is 23.0 Å². The summed E-state index contributed by atoms with van der Waals surface area (Å²) in [7, 11) is 0. The molecule has 0 saturated heterocycles. The summed E-state index contributed by atoms with van der Waals surface area (Å²) >= 11 is 0. The molecule has 2 N–H and O–H groups in total. The predicted molar refractivity (Wildman–Crippen MR) is 73.2 cm³/mol. The summed E-state index contributed by atoms with van der Waals surface area (Å²) in [5.74, 6) is -0.486. The number of rotatable bonds is 4. The summed E-state index contributed by atoms with van der Waals surface area (Å²) in [5, 5.41) is 8.64. The maximum absolute atomic E-state index is 12.8. The zero-order chi connectivity index (χ0) is 15.4. The Balaban J connectivity index is 1.93. The van der Waals surface area contributed by atoms with Crippen LogP contribution in [0.3, 0.4) is 0 Å². The van der Waals surface area contributed by atoms with Crippen molar-refractivity contribution in [2.75, 3.05) is 5.32 Å². The topological polar surface area (TPSA) is 84.2 Å². The molecule has 1 aromatic heterocycles. The summed E-state index contributed by atoms with van der Waals surface area (Å²) in [6, 6.07) is 5.83. The van der Waals surface area contributed by atoms with Crippen LogP contribution in [0.2, 0.25) is 0 Å². The first-order chi connectivity index (χ1) is 9.95. The van der Waals surface area contributed by atoms with Crippen molar-refractivity contribution in [3.63, 3.8) is 0 Å². The third-order valence-electron chi connectivity index (χ3n) is 2.73. The van der Waals surface area contributed by atoms with E-state index >= 15 is 0 Å². The highest BCUT2D eigenvalue weighted by Gasteiger charge is 2.17. The molecular weight excluding hydrogens is 277 g/mol. The van der Waals surface area contributed by atoms with Crippen molar-refractivity contribution in [1.82, 2.24) is 10.5 Å². The molecule has 1 aromatic carbocycles. The molecule has 0 saturated carbocycles. The number of aryl methyl sites for hydroxylation is 1. The number of benzene rings is 1. The standard InChI is InChI=1S/C14H14FN3O3/c1-8-7-12(18-21-8)17-13(19)9(2)16-14(20)10-3-5-11(15)6-4-10/h3-7,9H,1-2H3,(H,16,20)(H,17,18,19)/t9-/m0/s1. The number of anilines is 1. The van der Waals surface area contributed by atoms with Crippen LogP contribution in [0.1, 0.15) is 23.0 Å². The molecule has 2 rings (SSSR count). The van der Waals surface area contributed by atoms with E-state index < -0.39 is 23.7 Å². The van der Waals surface area contributed by atoms with Gasteiger partial charge in [-0.15, -0.1) is 0 Å². The summed E-state index contributed by atoms with van der Waals surface area (Å²) in [6.45, 7) is 3.23. The van der Waals surface area contributed by atoms with E-state index in [-0.39, 0.29) is 11.4 Å². The van der Waals surface area contributed by atoms with Gasteiger partial charge in [0.2, 0.25) is 5.91 Å². The molecule has 0 fully saturated rings. The third-order valence-corrected chi connectivity index (χ3v) is 2.73. The minimum Gasteiger partial charge on any atom is -0.360 e. The number of carbonyl (C=O) groups excluding carboxylic acids is 2. The molecule has 0 aliphatic carbocycles. The number of halogens is 1. The van der Waals surface area contributed by atoms with Crippen LogP contribution in [0.4, 0.5) is 10.2 Å². The first-order valence-electron chi connectivity index (χ1n) is 6.26. The first kappa shape index (κ1) is 14.7. The van der Waals surface area contributed by atoms with Gasteiger partial charge in [0.15, 0.2) is 5.82 Å². The van der Waals surface area contributed by atoms with Gasteiger partial charge >= 0.3 is 0 Å². The minimum absolute atomic E-state index is 0.272. The van der Waals surface area contributed by atoms with E-state index in [9.17, 15) is 14.0 Å². The van der Waals surface area contributed by atoms with Crippen molar-refractivity contribution < 1.29 is 18.5 Å². The fourth-order valence-corrected chi connectivity index (χ4v) is 1.61. The fraction of sp³-hybridized carbons (Fsp3) is 0.214. The second kappa shape index (κ2) is 6.17. The highest BCUT2D eigenvalue weighted by molar-refractivity contribution is 6.00. The van der Waals surface area contributed by atoms with E-state index in [0.717, 1.165) is 0 Å². The van der Waals surface area contributed by atoms with Crippen molar-refractivity contribution in [1.29, 1.82) is 0 Å². The van der Waals surface area contributed by atoms with Gasteiger partial charge < -0.3 is 15.2 Å². The van der Waals surface area contributed by atoms with E-state index in [2.05, 4.69) is 15.8 Å². The largest absolute Gasteiger partial charge is 0.360 e. The third kappa shape index (κ3) is 3.88. The molecule has 110 valence electrons. The van der Waals surface area contributed by atoms with E-state index in [0.29, 0.717) is 5.76 Å². The molecule has 1 heterocycles. The quantitative estimate of drug-likeness (QED) is 0.900. The summed E-state index contributed by atoms with van der Waals surface area (Å²) in [4.78, 5) is 23.8.